The van der Waals surface area contributed by atoms with Crippen LogP contribution in [0.1, 0.15) is 22.7 Å². The summed E-state index contributed by atoms with van der Waals surface area (Å²) >= 11 is 7.34. The summed E-state index contributed by atoms with van der Waals surface area (Å²) in [6.07, 6.45) is 0. The number of para-hydroxylation sites is 1. The van der Waals surface area contributed by atoms with Crippen LogP contribution in [0, 0.1) is 6.92 Å². The quantitative estimate of drug-likeness (QED) is 0.553. The number of fused-ring (bicyclic) bond motifs is 3. The van der Waals surface area contributed by atoms with E-state index in [9.17, 15) is 9.59 Å². The van der Waals surface area contributed by atoms with Gasteiger partial charge in [0.25, 0.3) is 5.91 Å². The van der Waals surface area contributed by atoms with Crippen LogP contribution in [-0.2, 0) is 9.59 Å². The first-order chi connectivity index (χ1) is 16.0. The molecule has 5 rings (SSSR count). The molecule has 3 aromatic rings. The third kappa shape index (κ3) is 4.17. The predicted octanol–water partition coefficient (Wildman–Crippen LogP) is 5.35. The number of rotatable bonds is 4. The molecule has 2 aliphatic rings. The number of thioether (sulfide) groups is 1. The molecule has 1 N–H and O–H groups in total. The van der Waals surface area contributed by atoms with Crippen LogP contribution < -0.4 is 5.32 Å². The monoisotopic (exact) mass is 474 g/mol. The van der Waals surface area contributed by atoms with Gasteiger partial charge < -0.3 is 5.32 Å². The molecule has 2 amide bonds. The summed E-state index contributed by atoms with van der Waals surface area (Å²) in [5.74, 6) is 0.243. The van der Waals surface area contributed by atoms with Crippen LogP contribution in [0.5, 0.6) is 0 Å². The number of aryl methyl sites for hydroxylation is 1. The van der Waals surface area contributed by atoms with Gasteiger partial charge in [-0.2, -0.15) is 4.99 Å². The number of nitrogens with zero attached hydrogens (tertiary/aromatic N) is 3. The minimum absolute atomic E-state index is 0.117. The van der Waals surface area contributed by atoms with E-state index in [0.29, 0.717) is 21.7 Å². The zero-order valence-corrected chi connectivity index (χ0v) is 19.2. The summed E-state index contributed by atoms with van der Waals surface area (Å²) in [6.45, 7) is 1.91. The molecule has 0 bridgehead atoms. The first-order valence-electron chi connectivity index (χ1n) is 10.3. The molecule has 33 heavy (non-hydrogen) atoms. The van der Waals surface area contributed by atoms with Crippen molar-refractivity contribution in [2.75, 3.05) is 11.1 Å². The lowest BCUT2D eigenvalue weighted by Crippen LogP contribution is -2.39. The molecule has 8 heteroatoms. The van der Waals surface area contributed by atoms with Crippen LogP contribution in [0.2, 0.25) is 5.02 Å². The summed E-state index contributed by atoms with van der Waals surface area (Å²) in [6, 6.07) is 21.8. The largest absolute Gasteiger partial charge is 0.325 e. The van der Waals surface area contributed by atoms with Gasteiger partial charge in [0.05, 0.1) is 11.4 Å². The smallest absolute Gasteiger partial charge is 0.275 e. The van der Waals surface area contributed by atoms with Crippen molar-refractivity contribution in [1.82, 2.24) is 4.90 Å². The van der Waals surface area contributed by atoms with Crippen LogP contribution in [0.3, 0.4) is 0 Å². The molecular formula is C25H19ClN4O2S. The van der Waals surface area contributed by atoms with Gasteiger partial charge in [-0.1, -0.05) is 71.9 Å². The number of carbonyl (C=O) groups is 2. The average molecular weight is 475 g/mol. The van der Waals surface area contributed by atoms with Gasteiger partial charge in [0.15, 0.2) is 5.17 Å². The van der Waals surface area contributed by atoms with E-state index in [1.807, 2.05) is 72.5 Å². The Balaban J connectivity index is 1.43. The van der Waals surface area contributed by atoms with Crippen molar-refractivity contribution in [1.29, 1.82) is 0 Å². The highest BCUT2D eigenvalue weighted by Gasteiger charge is 2.42. The lowest BCUT2D eigenvalue weighted by Gasteiger charge is -2.31. The number of hydrogen-bond acceptors (Lipinski definition) is 5. The number of carbonyl (C=O) groups excluding carboxylic acids is 2. The molecule has 0 radical (unpaired) electrons. The second-order valence-corrected chi connectivity index (χ2v) is 9.04. The SMILES string of the molecule is Cc1ccc(Cl)cc1NC(=O)CSC1=Nc2ccccc2C2=NC(=O)C(c3ccccc3)N12. The van der Waals surface area contributed by atoms with Gasteiger partial charge in [0, 0.05) is 16.3 Å². The third-order valence-corrected chi connectivity index (χ3v) is 6.61. The normalized spacial score (nSPS) is 16.6. The summed E-state index contributed by atoms with van der Waals surface area (Å²) in [5, 5.41) is 4.02. The molecule has 3 aromatic carbocycles. The second kappa shape index (κ2) is 8.84. The van der Waals surface area contributed by atoms with Crippen LogP contribution in [0.4, 0.5) is 11.4 Å². The van der Waals surface area contributed by atoms with Crippen LogP contribution in [0.25, 0.3) is 0 Å². The molecule has 1 unspecified atom stereocenters. The summed E-state index contributed by atoms with van der Waals surface area (Å²) in [4.78, 5) is 36.7. The number of amidine groups is 2. The highest BCUT2D eigenvalue weighted by atomic mass is 35.5. The Morgan fingerprint density at radius 1 is 1.06 bits per heavy atom. The summed E-state index contributed by atoms with van der Waals surface area (Å²) in [7, 11) is 0. The van der Waals surface area contributed by atoms with Gasteiger partial charge in [-0.3, -0.25) is 14.5 Å². The molecule has 6 nitrogen and oxygen atoms in total. The Morgan fingerprint density at radius 2 is 1.82 bits per heavy atom. The highest BCUT2D eigenvalue weighted by Crippen LogP contribution is 2.39. The van der Waals surface area contributed by atoms with Crippen molar-refractivity contribution in [2.24, 2.45) is 9.98 Å². The van der Waals surface area contributed by atoms with E-state index in [4.69, 9.17) is 16.6 Å². The Kier molecular flexibility index (Phi) is 5.74. The number of hydrogen-bond donors (Lipinski definition) is 1. The van der Waals surface area contributed by atoms with E-state index < -0.39 is 6.04 Å². The summed E-state index contributed by atoms with van der Waals surface area (Å²) in [5.41, 5.74) is 3.94. The molecule has 1 atom stereocenters. The topological polar surface area (TPSA) is 74.1 Å². The minimum Gasteiger partial charge on any atom is -0.325 e. The third-order valence-electron chi connectivity index (χ3n) is 5.42. The lowest BCUT2D eigenvalue weighted by atomic mass is 10.0. The fourth-order valence-corrected chi connectivity index (χ4v) is 4.83. The number of nitrogens with one attached hydrogen (secondary N) is 1. The van der Waals surface area contributed by atoms with Gasteiger partial charge in [-0.25, -0.2) is 4.99 Å². The van der Waals surface area contributed by atoms with Crippen LogP contribution >= 0.6 is 23.4 Å². The van der Waals surface area contributed by atoms with Crippen molar-refractivity contribution >= 4 is 57.6 Å². The standard InChI is InChI=1S/C25H19ClN4O2S/c1-15-11-12-17(26)13-20(15)27-21(31)14-33-25-28-19-10-6-5-9-18(19)23-29-24(32)22(30(23)25)16-7-3-2-4-8-16/h2-13,22H,14H2,1H3,(H,27,31). The predicted molar refractivity (Wildman–Crippen MR) is 133 cm³/mol. The number of amides is 2. The van der Waals surface area contributed by atoms with Gasteiger partial charge in [0.2, 0.25) is 5.91 Å². The van der Waals surface area contributed by atoms with Crippen molar-refractivity contribution in [3.05, 3.63) is 94.5 Å². The van der Waals surface area contributed by atoms with E-state index in [1.165, 1.54) is 11.8 Å². The van der Waals surface area contributed by atoms with Crippen LogP contribution in [0.15, 0.2) is 82.8 Å². The Bertz CT molecular complexity index is 1320. The zero-order chi connectivity index (χ0) is 22.9. The van der Waals surface area contributed by atoms with E-state index in [1.54, 1.807) is 12.1 Å². The molecule has 0 fully saturated rings. The van der Waals surface area contributed by atoms with Crippen molar-refractivity contribution < 1.29 is 9.59 Å². The number of benzene rings is 3. The fraction of sp³-hybridized carbons (Fsp3) is 0.120. The number of halogens is 1. The van der Waals surface area contributed by atoms with Gasteiger partial charge >= 0.3 is 0 Å². The number of anilines is 1. The van der Waals surface area contributed by atoms with E-state index >= 15 is 0 Å². The van der Waals surface area contributed by atoms with Gasteiger partial charge in [-0.05, 0) is 42.3 Å². The van der Waals surface area contributed by atoms with Crippen LogP contribution in [-0.4, -0.2) is 33.5 Å². The molecule has 0 spiro atoms. The van der Waals surface area contributed by atoms with E-state index in [-0.39, 0.29) is 17.6 Å². The van der Waals surface area contributed by atoms with Gasteiger partial charge in [0.1, 0.15) is 11.9 Å². The first-order valence-corrected chi connectivity index (χ1v) is 11.7. The Hall–Kier alpha value is -3.42. The number of aliphatic imine (C=N–C) groups is 2. The van der Waals surface area contributed by atoms with Crippen molar-refractivity contribution in [2.45, 2.75) is 13.0 Å². The zero-order valence-electron chi connectivity index (χ0n) is 17.7. The molecule has 164 valence electrons. The maximum atomic E-state index is 13.0. The Labute approximate surface area is 200 Å². The molecule has 0 saturated carbocycles. The van der Waals surface area contributed by atoms with Gasteiger partial charge in [-0.15, -0.1) is 0 Å². The summed E-state index contributed by atoms with van der Waals surface area (Å²) < 4.78 is 0. The second-order valence-electron chi connectivity index (χ2n) is 7.66. The molecule has 0 saturated heterocycles. The minimum atomic E-state index is -0.612. The maximum Gasteiger partial charge on any atom is 0.275 e. The van der Waals surface area contributed by atoms with E-state index in [2.05, 4.69) is 10.3 Å². The highest BCUT2D eigenvalue weighted by molar-refractivity contribution is 8.14. The van der Waals surface area contributed by atoms with E-state index in [0.717, 1.165) is 22.4 Å². The average Bonchev–Trinajstić information content (AvgIpc) is 3.17. The Morgan fingerprint density at radius 3 is 2.64 bits per heavy atom. The fourth-order valence-electron chi connectivity index (χ4n) is 3.83. The first kappa shape index (κ1) is 21.4. The molecule has 0 aliphatic carbocycles. The molecule has 0 aromatic heterocycles. The van der Waals surface area contributed by atoms with Crippen molar-refractivity contribution in [3.8, 4) is 0 Å². The molecule has 2 heterocycles. The molecular weight excluding hydrogens is 456 g/mol. The lowest BCUT2D eigenvalue weighted by molar-refractivity contribution is -0.119. The maximum absolute atomic E-state index is 13.0. The van der Waals surface area contributed by atoms with Crippen molar-refractivity contribution in [3.63, 3.8) is 0 Å². The molecule has 2 aliphatic heterocycles.